The lowest BCUT2D eigenvalue weighted by molar-refractivity contribution is -0.384. The molecule has 1 aromatic heterocycles. The molecule has 1 saturated heterocycles. The van der Waals surface area contributed by atoms with Crippen LogP contribution < -0.4 is 4.90 Å². The molecule has 2 rings (SSSR count). The zero-order valence-electron chi connectivity index (χ0n) is 11.1. The normalized spacial score (nSPS) is 17.9. The van der Waals surface area contributed by atoms with E-state index in [-0.39, 0.29) is 42.1 Å². The molecule has 1 unspecified atom stereocenters. The van der Waals surface area contributed by atoms with Crippen LogP contribution in [0.2, 0.25) is 0 Å². The number of methoxy groups -OCH3 is 1. The molecule has 1 fully saturated rings. The maximum absolute atomic E-state index is 11.9. The molecule has 21 heavy (non-hydrogen) atoms. The minimum Gasteiger partial charge on any atom is -0.465 e. The van der Waals surface area contributed by atoms with Crippen LogP contribution in [0.1, 0.15) is 16.8 Å². The number of hydrogen-bond acceptors (Lipinski definition) is 6. The summed E-state index contributed by atoms with van der Waals surface area (Å²) in [6, 6.07) is 1.05. The molecule has 0 saturated carbocycles. The molecule has 8 nitrogen and oxygen atoms in total. The molecule has 112 valence electrons. The maximum Gasteiger partial charge on any atom is 0.339 e. The molecule has 0 aliphatic carbocycles. The number of rotatable bonds is 4. The fourth-order valence-electron chi connectivity index (χ4n) is 2.11. The fraction of sp³-hybridized carbons (Fsp3) is 0.417. The van der Waals surface area contributed by atoms with Crippen molar-refractivity contribution in [3.63, 3.8) is 0 Å². The van der Waals surface area contributed by atoms with Crippen molar-refractivity contribution in [2.45, 2.75) is 6.42 Å². The number of esters is 1. The second-order valence-corrected chi connectivity index (χ2v) is 4.85. The lowest BCUT2D eigenvalue weighted by Gasteiger charge is -2.15. The van der Waals surface area contributed by atoms with Crippen LogP contribution in [-0.2, 0) is 9.53 Å². The summed E-state index contributed by atoms with van der Waals surface area (Å²) < 4.78 is 4.49. The molecule has 2 heterocycles. The Morgan fingerprint density at radius 1 is 1.67 bits per heavy atom. The van der Waals surface area contributed by atoms with Crippen molar-refractivity contribution >= 4 is 35.0 Å². The van der Waals surface area contributed by atoms with E-state index in [2.05, 4.69) is 9.72 Å². The van der Waals surface area contributed by atoms with E-state index in [1.165, 1.54) is 4.90 Å². The number of hydrogen-bond donors (Lipinski definition) is 0. The summed E-state index contributed by atoms with van der Waals surface area (Å²) in [4.78, 5) is 38.9. The molecule has 0 N–H and O–H groups in total. The van der Waals surface area contributed by atoms with Crippen LogP contribution in [0.15, 0.2) is 12.3 Å². The van der Waals surface area contributed by atoms with Gasteiger partial charge < -0.3 is 4.74 Å². The van der Waals surface area contributed by atoms with Gasteiger partial charge in [0.2, 0.25) is 11.7 Å². The molecule has 1 aliphatic rings. The molecule has 1 atom stereocenters. The summed E-state index contributed by atoms with van der Waals surface area (Å²) in [6.45, 7) is 0.272. The van der Waals surface area contributed by atoms with E-state index in [1.807, 2.05) is 0 Å². The minimum atomic E-state index is -0.733. The van der Waals surface area contributed by atoms with E-state index in [0.717, 1.165) is 19.4 Å². The number of amides is 1. The van der Waals surface area contributed by atoms with Gasteiger partial charge in [0.25, 0.3) is 0 Å². The summed E-state index contributed by atoms with van der Waals surface area (Å²) >= 11 is 5.72. The van der Waals surface area contributed by atoms with Gasteiger partial charge >= 0.3 is 11.7 Å². The van der Waals surface area contributed by atoms with Crippen molar-refractivity contribution in [3.8, 4) is 0 Å². The van der Waals surface area contributed by atoms with E-state index in [9.17, 15) is 19.7 Å². The number of alkyl halides is 1. The van der Waals surface area contributed by atoms with Gasteiger partial charge in [-0.1, -0.05) is 0 Å². The Hall–Kier alpha value is -2.22. The number of anilines is 1. The van der Waals surface area contributed by atoms with Crippen LogP contribution in [0.25, 0.3) is 0 Å². The summed E-state index contributed by atoms with van der Waals surface area (Å²) in [5.74, 6) is -0.868. The Kier molecular flexibility index (Phi) is 4.37. The van der Waals surface area contributed by atoms with Crippen LogP contribution in [0.5, 0.6) is 0 Å². The lowest BCUT2D eigenvalue weighted by Crippen LogP contribution is -2.26. The highest BCUT2D eigenvalue weighted by molar-refractivity contribution is 6.18. The van der Waals surface area contributed by atoms with Gasteiger partial charge in [-0.25, -0.2) is 9.78 Å². The van der Waals surface area contributed by atoms with Gasteiger partial charge in [-0.15, -0.1) is 11.6 Å². The Morgan fingerprint density at radius 3 is 2.90 bits per heavy atom. The number of carbonyl (C=O) groups excluding carboxylic acids is 2. The van der Waals surface area contributed by atoms with E-state index in [0.29, 0.717) is 0 Å². The highest BCUT2D eigenvalue weighted by atomic mass is 35.5. The molecule has 1 aliphatic heterocycles. The van der Waals surface area contributed by atoms with Crippen molar-refractivity contribution in [1.29, 1.82) is 0 Å². The fourth-order valence-corrected chi connectivity index (χ4v) is 2.31. The number of pyridine rings is 1. The van der Waals surface area contributed by atoms with Gasteiger partial charge in [-0.3, -0.25) is 19.8 Å². The summed E-state index contributed by atoms with van der Waals surface area (Å²) in [7, 11) is 1.16. The third-order valence-electron chi connectivity index (χ3n) is 3.14. The first kappa shape index (κ1) is 15.2. The zero-order chi connectivity index (χ0) is 15.6. The molecule has 0 bridgehead atoms. The average Bonchev–Trinajstić information content (AvgIpc) is 2.86. The van der Waals surface area contributed by atoms with Gasteiger partial charge in [0.05, 0.1) is 17.6 Å². The van der Waals surface area contributed by atoms with E-state index in [1.54, 1.807) is 0 Å². The second kappa shape index (κ2) is 6.04. The highest BCUT2D eigenvalue weighted by Gasteiger charge is 2.35. The van der Waals surface area contributed by atoms with Crippen LogP contribution in [-0.4, -0.2) is 41.3 Å². The number of halogens is 1. The zero-order valence-corrected chi connectivity index (χ0v) is 11.9. The lowest BCUT2D eigenvalue weighted by atomic mass is 10.1. The second-order valence-electron chi connectivity index (χ2n) is 4.54. The highest BCUT2D eigenvalue weighted by Crippen LogP contribution is 2.32. The largest absolute Gasteiger partial charge is 0.465 e. The van der Waals surface area contributed by atoms with Gasteiger partial charge in [0, 0.05) is 31.1 Å². The number of ether oxygens (including phenoxy) is 1. The Balaban J connectivity index is 2.42. The average molecular weight is 314 g/mol. The van der Waals surface area contributed by atoms with E-state index >= 15 is 0 Å². The Morgan fingerprint density at radius 2 is 2.38 bits per heavy atom. The van der Waals surface area contributed by atoms with Crippen molar-refractivity contribution < 1.29 is 19.2 Å². The molecule has 0 radical (unpaired) electrons. The van der Waals surface area contributed by atoms with Crippen molar-refractivity contribution in [2.24, 2.45) is 5.92 Å². The SMILES string of the molecule is COC(=O)c1cnc(N2CC(CCl)CC2=O)c([N+](=O)[O-])c1. The summed E-state index contributed by atoms with van der Waals surface area (Å²) in [5.41, 5.74) is -0.463. The minimum absolute atomic E-state index is 0.0477. The molecule has 0 aromatic carbocycles. The first-order chi connectivity index (χ1) is 9.97. The molecule has 1 amide bonds. The third-order valence-corrected chi connectivity index (χ3v) is 3.58. The van der Waals surface area contributed by atoms with Crippen molar-refractivity contribution in [3.05, 3.63) is 27.9 Å². The molecule has 9 heteroatoms. The Labute approximate surface area is 124 Å². The van der Waals surface area contributed by atoms with Crippen LogP contribution in [0.4, 0.5) is 11.5 Å². The summed E-state index contributed by atoms with van der Waals surface area (Å²) in [5, 5.41) is 11.1. The first-order valence-corrected chi connectivity index (χ1v) is 6.60. The van der Waals surface area contributed by atoms with E-state index < -0.39 is 16.6 Å². The first-order valence-electron chi connectivity index (χ1n) is 6.07. The molecule has 0 spiro atoms. The quantitative estimate of drug-likeness (QED) is 0.360. The Bertz CT molecular complexity index is 607. The molecular formula is C12H12ClN3O5. The monoisotopic (exact) mass is 313 g/mol. The molecule has 1 aromatic rings. The number of nitro groups is 1. The predicted molar refractivity (Wildman–Crippen MR) is 73.4 cm³/mol. The predicted octanol–water partition coefficient (Wildman–Crippen LogP) is 1.37. The summed E-state index contributed by atoms with van der Waals surface area (Å²) in [6.07, 6.45) is 1.37. The number of nitrogens with zero attached hydrogens (tertiary/aromatic N) is 3. The van der Waals surface area contributed by atoms with Crippen molar-refractivity contribution in [1.82, 2.24) is 4.98 Å². The van der Waals surface area contributed by atoms with Gasteiger partial charge in [0.1, 0.15) is 0 Å². The number of aromatic nitrogens is 1. The topological polar surface area (TPSA) is 103 Å². The standard InChI is InChI=1S/C12H12ClN3O5/c1-21-12(18)8-3-9(16(19)20)11(14-5-8)15-6-7(4-13)2-10(15)17/h3,5,7H,2,4,6H2,1H3. The van der Waals surface area contributed by atoms with Gasteiger partial charge in [-0.2, -0.15) is 0 Å². The smallest absolute Gasteiger partial charge is 0.339 e. The molecular weight excluding hydrogens is 302 g/mol. The van der Waals surface area contributed by atoms with Gasteiger partial charge in [-0.05, 0) is 5.92 Å². The van der Waals surface area contributed by atoms with Crippen molar-refractivity contribution in [2.75, 3.05) is 24.4 Å². The van der Waals surface area contributed by atoms with Crippen LogP contribution >= 0.6 is 11.6 Å². The maximum atomic E-state index is 11.9. The van der Waals surface area contributed by atoms with Crippen LogP contribution in [0, 0.1) is 16.0 Å². The van der Waals surface area contributed by atoms with Crippen LogP contribution in [0.3, 0.4) is 0 Å². The van der Waals surface area contributed by atoms with Gasteiger partial charge in [0.15, 0.2) is 0 Å². The third kappa shape index (κ3) is 2.94. The number of carbonyl (C=O) groups is 2. The van der Waals surface area contributed by atoms with E-state index in [4.69, 9.17) is 11.6 Å².